The molecule has 1 saturated heterocycles. The summed E-state index contributed by atoms with van der Waals surface area (Å²) in [5, 5.41) is 0. The fourth-order valence-electron chi connectivity index (χ4n) is 3.47. The minimum atomic E-state index is -0.0528. The zero-order chi connectivity index (χ0) is 17.1. The summed E-state index contributed by atoms with van der Waals surface area (Å²) in [5.74, 6) is 1.09. The molecule has 0 spiro atoms. The van der Waals surface area contributed by atoms with E-state index in [-0.39, 0.29) is 17.6 Å². The SMILES string of the molecule is Cc1cc(OC2CCN(C(=O)C3CC=CCC3)CC2)cc(=O)n1C. The molecule has 2 aliphatic rings. The fraction of sp³-hybridized carbons (Fsp3) is 0.579. The normalized spacial score (nSPS) is 21.8. The van der Waals surface area contributed by atoms with Crippen LogP contribution in [-0.4, -0.2) is 34.6 Å². The highest BCUT2D eigenvalue weighted by Crippen LogP contribution is 2.24. The summed E-state index contributed by atoms with van der Waals surface area (Å²) in [6.45, 7) is 3.38. The quantitative estimate of drug-likeness (QED) is 0.800. The number of nitrogens with zero attached hydrogens (tertiary/aromatic N) is 2. The molecule has 2 heterocycles. The molecule has 1 aliphatic heterocycles. The van der Waals surface area contributed by atoms with Crippen LogP contribution in [0.1, 0.15) is 37.8 Å². The zero-order valence-electron chi connectivity index (χ0n) is 14.5. The first-order valence-corrected chi connectivity index (χ1v) is 8.82. The number of pyridine rings is 1. The highest BCUT2D eigenvalue weighted by atomic mass is 16.5. The molecule has 130 valence electrons. The molecule has 1 atom stereocenters. The molecule has 5 heteroatoms. The molecule has 1 aromatic rings. The number of aryl methyl sites for hydroxylation is 1. The van der Waals surface area contributed by atoms with Crippen LogP contribution in [0, 0.1) is 12.8 Å². The predicted molar refractivity (Wildman–Crippen MR) is 93.1 cm³/mol. The van der Waals surface area contributed by atoms with E-state index in [0.29, 0.717) is 11.7 Å². The molecule has 0 N–H and O–H groups in total. The summed E-state index contributed by atoms with van der Waals surface area (Å²) in [4.78, 5) is 26.4. The number of likely N-dealkylation sites (tertiary alicyclic amines) is 1. The number of piperidine rings is 1. The third-order valence-corrected chi connectivity index (χ3v) is 5.15. The number of hydrogen-bond acceptors (Lipinski definition) is 3. The van der Waals surface area contributed by atoms with Crippen molar-refractivity contribution in [2.75, 3.05) is 13.1 Å². The molecule has 24 heavy (non-hydrogen) atoms. The minimum absolute atomic E-state index is 0.0528. The van der Waals surface area contributed by atoms with Crippen molar-refractivity contribution in [3.63, 3.8) is 0 Å². The molecular weight excluding hydrogens is 304 g/mol. The first kappa shape index (κ1) is 16.8. The number of allylic oxidation sites excluding steroid dienone is 2. The summed E-state index contributed by atoms with van der Waals surface area (Å²) < 4.78 is 7.59. The second-order valence-electron chi connectivity index (χ2n) is 6.85. The fourth-order valence-corrected chi connectivity index (χ4v) is 3.47. The maximum atomic E-state index is 12.6. The Morgan fingerprint density at radius 3 is 2.54 bits per heavy atom. The molecule has 1 amide bonds. The van der Waals surface area contributed by atoms with E-state index in [0.717, 1.165) is 50.9 Å². The Morgan fingerprint density at radius 2 is 1.92 bits per heavy atom. The van der Waals surface area contributed by atoms with Crippen molar-refractivity contribution in [1.29, 1.82) is 0 Å². The van der Waals surface area contributed by atoms with E-state index in [2.05, 4.69) is 12.2 Å². The van der Waals surface area contributed by atoms with Crippen LogP contribution in [0.15, 0.2) is 29.1 Å². The van der Waals surface area contributed by atoms with E-state index in [1.807, 2.05) is 17.9 Å². The van der Waals surface area contributed by atoms with Gasteiger partial charge in [0.2, 0.25) is 5.91 Å². The van der Waals surface area contributed by atoms with Gasteiger partial charge in [0, 0.05) is 50.7 Å². The van der Waals surface area contributed by atoms with Crippen LogP contribution in [0.25, 0.3) is 0 Å². The van der Waals surface area contributed by atoms with Crippen molar-refractivity contribution in [2.24, 2.45) is 13.0 Å². The van der Waals surface area contributed by atoms with Crippen LogP contribution in [0.5, 0.6) is 5.75 Å². The van der Waals surface area contributed by atoms with Gasteiger partial charge in [-0.15, -0.1) is 0 Å². The van der Waals surface area contributed by atoms with Crippen LogP contribution in [0.3, 0.4) is 0 Å². The van der Waals surface area contributed by atoms with Gasteiger partial charge in [-0.2, -0.15) is 0 Å². The van der Waals surface area contributed by atoms with Gasteiger partial charge < -0.3 is 14.2 Å². The van der Waals surface area contributed by atoms with Crippen molar-refractivity contribution in [3.05, 3.63) is 40.3 Å². The zero-order valence-corrected chi connectivity index (χ0v) is 14.5. The van der Waals surface area contributed by atoms with E-state index < -0.39 is 0 Å². The molecule has 0 radical (unpaired) electrons. The second-order valence-corrected chi connectivity index (χ2v) is 6.85. The van der Waals surface area contributed by atoms with Gasteiger partial charge in [-0.25, -0.2) is 0 Å². The molecule has 0 bridgehead atoms. The Hall–Kier alpha value is -2.04. The van der Waals surface area contributed by atoms with Crippen LogP contribution < -0.4 is 10.3 Å². The van der Waals surface area contributed by atoms with Crippen molar-refractivity contribution in [1.82, 2.24) is 9.47 Å². The van der Waals surface area contributed by atoms with Gasteiger partial charge in [0.05, 0.1) is 0 Å². The Bertz CT molecular complexity index is 684. The van der Waals surface area contributed by atoms with E-state index >= 15 is 0 Å². The van der Waals surface area contributed by atoms with Gasteiger partial charge in [0.15, 0.2) is 0 Å². The summed E-state index contributed by atoms with van der Waals surface area (Å²) in [5.41, 5.74) is 0.832. The monoisotopic (exact) mass is 330 g/mol. The topological polar surface area (TPSA) is 51.5 Å². The van der Waals surface area contributed by atoms with E-state index in [9.17, 15) is 9.59 Å². The van der Waals surface area contributed by atoms with E-state index in [4.69, 9.17) is 4.74 Å². The van der Waals surface area contributed by atoms with E-state index in [1.54, 1.807) is 17.7 Å². The largest absolute Gasteiger partial charge is 0.490 e. The van der Waals surface area contributed by atoms with Crippen molar-refractivity contribution >= 4 is 5.91 Å². The number of carbonyl (C=O) groups excluding carboxylic acids is 1. The van der Waals surface area contributed by atoms with Crippen LogP contribution in [0.4, 0.5) is 0 Å². The molecule has 0 saturated carbocycles. The first-order chi connectivity index (χ1) is 11.5. The lowest BCUT2D eigenvalue weighted by Gasteiger charge is -2.34. The van der Waals surface area contributed by atoms with Crippen LogP contribution >= 0.6 is 0 Å². The minimum Gasteiger partial charge on any atom is -0.490 e. The lowest BCUT2D eigenvalue weighted by Crippen LogP contribution is -2.44. The summed E-state index contributed by atoms with van der Waals surface area (Å²) in [6.07, 6.45) is 8.87. The number of amides is 1. The number of rotatable bonds is 3. The maximum absolute atomic E-state index is 12.6. The van der Waals surface area contributed by atoms with Gasteiger partial charge in [0.1, 0.15) is 11.9 Å². The Morgan fingerprint density at radius 1 is 1.17 bits per heavy atom. The van der Waals surface area contributed by atoms with Gasteiger partial charge in [-0.05, 0) is 32.3 Å². The number of carbonyl (C=O) groups is 1. The molecule has 1 fully saturated rings. The van der Waals surface area contributed by atoms with Gasteiger partial charge >= 0.3 is 0 Å². The van der Waals surface area contributed by atoms with E-state index in [1.165, 1.54) is 0 Å². The maximum Gasteiger partial charge on any atom is 0.254 e. The third kappa shape index (κ3) is 3.71. The molecule has 0 aromatic carbocycles. The smallest absolute Gasteiger partial charge is 0.254 e. The molecule has 1 unspecified atom stereocenters. The van der Waals surface area contributed by atoms with Gasteiger partial charge in [0.25, 0.3) is 5.56 Å². The number of ether oxygens (including phenoxy) is 1. The van der Waals surface area contributed by atoms with Gasteiger partial charge in [-0.1, -0.05) is 12.2 Å². The summed E-state index contributed by atoms with van der Waals surface area (Å²) in [7, 11) is 1.76. The van der Waals surface area contributed by atoms with Crippen LogP contribution in [0.2, 0.25) is 0 Å². The highest BCUT2D eigenvalue weighted by Gasteiger charge is 2.28. The molecule has 1 aromatic heterocycles. The Kier molecular flexibility index (Phi) is 5.07. The predicted octanol–water partition coefficient (Wildman–Crippen LogP) is 2.42. The second kappa shape index (κ2) is 7.24. The Labute approximate surface area is 142 Å². The average molecular weight is 330 g/mol. The number of hydrogen-bond donors (Lipinski definition) is 0. The molecular formula is C19H26N2O3. The Balaban J connectivity index is 1.54. The van der Waals surface area contributed by atoms with Gasteiger partial charge in [-0.3, -0.25) is 9.59 Å². The third-order valence-electron chi connectivity index (χ3n) is 5.15. The lowest BCUT2D eigenvalue weighted by molar-refractivity contribution is -0.137. The van der Waals surface area contributed by atoms with Crippen molar-refractivity contribution < 1.29 is 9.53 Å². The van der Waals surface area contributed by atoms with Crippen molar-refractivity contribution in [3.8, 4) is 5.75 Å². The summed E-state index contributed by atoms with van der Waals surface area (Å²) in [6, 6.07) is 3.44. The lowest BCUT2D eigenvalue weighted by atomic mass is 9.92. The van der Waals surface area contributed by atoms with Crippen LogP contribution in [-0.2, 0) is 11.8 Å². The molecule has 3 rings (SSSR count). The number of aromatic nitrogens is 1. The van der Waals surface area contributed by atoms with Crippen molar-refractivity contribution in [2.45, 2.75) is 45.1 Å². The highest BCUT2D eigenvalue weighted by molar-refractivity contribution is 5.79. The first-order valence-electron chi connectivity index (χ1n) is 8.82. The summed E-state index contributed by atoms with van der Waals surface area (Å²) >= 11 is 0. The molecule has 1 aliphatic carbocycles. The standard InChI is InChI=1S/C19H26N2O3/c1-14-12-17(13-18(22)20(14)2)24-16-8-10-21(11-9-16)19(23)15-6-4-3-5-7-15/h3-4,12-13,15-16H,5-11H2,1-2H3. The average Bonchev–Trinajstić information content (AvgIpc) is 2.60. The molecule has 5 nitrogen and oxygen atoms in total.